The third-order valence-corrected chi connectivity index (χ3v) is 4.24. The Labute approximate surface area is 115 Å². The average Bonchev–Trinajstić information content (AvgIpc) is 2.40. The lowest BCUT2D eigenvalue weighted by atomic mass is 9.94. The Hall–Kier alpha value is -1.10. The molecule has 2 aliphatic heterocycles. The summed E-state index contributed by atoms with van der Waals surface area (Å²) in [5.41, 5.74) is 0. The molecule has 0 unspecified atom stereocenters. The fourth-order valence-corrected chi connectivity index (χ4v) is 2.97. The van der Waals surface area contributed by atoms with Crippen molar-refractivity contribution in [1.29, 1.82) is 0 Å². The molecule has 0 spiro atoms. The van der Waals surface area contributed by atoms with Gasteiger partial charge in [0.05, 0.1) is 0 Å². The molecule has 2 heterocycles. The summed E-state index contributed by atoms with van der Waals surface area (Å²) in [6.07, 6.45) is 4.65. The van der Waals surface area contributed by atoms with Crippen molar-refractivity contribution in [2.24, 2.45) is 5.92 Å². The molecule has 2 rings (SSSR count). The number of carbonyl (C=O) groups excluding carboxylic acids is 2. The number of amides is 2. The van der Waals surface area contributed by atoms with Gasteiger partial charge in [0.1, 0.15) is 0 Å². The zero-order chi connectivity index (χ0) is 13.7. The van der Waals surface area contributed by atoms with E-state index in [-0.39, 0.29) is 17.9 Å². The highest BCUT2D eigenvalue weighted by molar-refractivity contribution is 5.76. The molecule has 5 heteroatoms. The summed E-state index contributed by atoms with van der Waals surface area (Å²) in [6, 6.07) is 0.254. The smallest absolute Gasteiger partial charge is 0.220 e. The van der Waals surface area contributed by atoms with Gasteiger partial charge in [-0.15, -0.1) is 0 Å². The molecule has 0 aliphatic carbocycles. The second kappa shape index (κ2) is 6.89. The second-order valence-corrected chi connectivity index (χ2v) is 5.75. The van der Waals surface area contributed by atoms with Crippen LogP contribution in [0.25, 0.3) is 0 Å². The number of likely N-dealkylation sites (tertiary alicyclic amines) is 1. The van der Waals surface area contributed by atoms with Crippen molar-refractivity contribution in [3.05, 3.63) is 0 Å². The minimum absolute atomic E-state index is 0.138. The van der Waals surface area contributed by atoms with E-state index in [9.17, 15) is 9.59 Å². The average molecular weight is 267 g/mol. The summed E-state index contributed by atoms with van der Waals surface area (Å²) in [5, 5.41) is 6.44. The molecule has 2 amide bonds. The van der Waals surface area contributed by atoms with Gasteiger partial charge < -0.3 is 15.5 Å². The van der Waals surface area contributed by atoms with Gasteiger partial charge in [-0.1, -0.05) is 0 Å². The summed E-state index contributed by atoms with van der Waals surface area (Å²) >= 11 is 0. The highest BCUT2D eigenvalue weighted by Crippen LogP contribution is 2.16. The molecular formula is C14H25N3O2. The number of nitrogens with zero attached hydrogens (tertiary/aromatic N) is 1. The monoisotopic (exact) mass is 267 g/mol. The van der Waals surface area contributed by atoms with Crippen LogP contribution in [-0.4, -0.2) is 48.9 Å². The fraction of sp³-hybridized carbons (Fsp3) is 0.857. The molecule has 2 saturated heterocycles. The van der Waals surface area contributed by atoms with Crippen molar-refractivity contribution < 1.29 is 9.59 Å². The van der Waals surface area contributed by atoms with Crippen LogP contribution >= 0.6 is 0 Å². The summed E-state index contributed by atoms with van der Waals surface area (Å²) in [7, 11) is 0. The molecule has 0 aromatic heterocycles. The van der Waals surface area contributed by atoms with Crippen LogP contribution in [0.3, 0.4) is 0 Å². The van der Waals surface area contributed by atoms with E-state index in [2.05, 4.69) is 10.6 Å². The molecular weight excluding hydrogens is 242 g/mol. The predicted molar refractivity (Wildman–Crippen MR) is 73.6 cm³/mol. The minimum Gasteiger partial charge on any atom is -0.353 e. The van der Waals surface area contributed by atoms with Crippen molar-refractivity contribution in [3.63, 3.8) is 0 Å². The predicted octanol–water partition coefficient (Wildman–Crippen LogP) is 0.503. The van der Waals surface area contributed by atoms with Gasteiger partial charge in [0.25, 0.3) is 0 Å². The van der Waals surface area contributed by atoms with Crippen LogP contribution in [0.15, 0.2) is 0 Å². The van der Waals surface area contributed by atoms with Crippen LogP contribution in [-0.2, 0) is 9.59 Å². The Morgan fingerprint density at radius 1 is 1.16 bits per heavy atom. The van der Waals surface area contributed by atoms with Gasteiger partial charge in [0.15, 0.2) is 0 Å². The van der Waals surface area contributed by atoms with E-state index in [1.807, 2.05) is 4.90 Å². The van der Waals surface area contributed by atoms with Crippen LogP contribution in [0, 0.1) is 5.92 Å². The van der Waals surface area contributed by atoms with Crippen LogP contribution in [0.2, 0.25) is 0 Å². The molecule has 2 N–H and O–H groups in total. The zero-order valence-electron chi connectivity index (χ0n) is 11.8. The molecule has 0 atom stereocenters. The van der Waals surface area contributed by atoms with E-state index in [1.165, 1.54) is 0 Å². The Balaban J connectivity index is 1.67. The van der Waals surface area contributed by atoms with Crippen LogP contribution in [0.5, 0.6) is 0 Å². The Bertz CT molecular complexity index is 319. The topological polar surface area (TPSA) is 61.4 Å². The largest absolute Gasteiger partial charge is 0.353 e. The maximum absolute atomic E-state index is 12.0. The van der Waals surface area contributed by atoms with Gasteiger partial charge in [-0.25, -0.2) is 0 Å². The summed E-state index contributed by atoms with van der Waals surface area (Å²) < 4.78 is 0. The number of rotatable bonds is 3. The fourth-order valence-electron chi connectivity index (χ4n) is 2.97. The molecule has 108 valence electrons. The van der Waals surface area contributed by atoms with Crippen LogP contribution in [0.4, 0.5) is 0 Å². The first-order valence-corrected chi connectivity index (χ1v) is 7.40. The summed E-state index contributed by atoms with van der Waals surface area (Å²) in [5.74, 6) is 0.867. The maximum Gasteiger partial charge on any atom is 0.220 e. The van der Waals surface area contributed by atoms with E-state index in [1.54, 1.807) is 6.92 Å². The van der Waals surface area contributed by atoms with Gasteiger partial charge in [-0.05, 0) is 44.7 Å². The van der Waals surface area contributed by atoms with Crippen LogP contribution in [0.1, 0.15) is 39.0 Å². The molecule has 2 aliphatic rings. The van der Waals surface area contributed by atoms with Gasteiger partial charge in [-0.3, -0.25) is 9.59 Å². The maximum atomic E-state index is 12.0. The van der Waals surface area contributed by atoms with Gasteiger partial charge >= 0.3 is 0 Å². The van der Waals surface area contributed by atoms with Crippen molar-refractivity contribution in [2.45, 2.75) is 45.1 Å². The normalized spacial score (nSPS) is 22.3. The molecule has 5 nitrogen and oxygen atoms in total. The van der Waals surface area contributed by atoms with Gasteiger partial charge in [0.2, 0.25) is 11.8 Å². The first-order chi connectivity index (χ1) is 9.15. The third-order valence-electron chi connectivity index (χ3n) is 4.24. The van der Waals surface area contributed by atoms with Crippen molar-refractivity contribution >= 4 is 11.8 Å². The number of piperidine rings is 2. The summed E-state index contributed by atoms with van der Waals surface area (Å²) in [6.45, 7) is 5.22. The van der Waals surface area contributed by atoms with Crippen molar-refractivity contribution in [3.8, 4) is 0 Å². The Morgan fingerprint density at radius 3 is 2.37 bits per heavy atom. The quantitative estimate of drug-likeness (QED) is 0.783. The van der Waals surface area contributed by atoms with E-state index in [4.69, 9.17) is 0 Å². The number of carbonyl (C=O) groups is 2. The number of hydrogen-bond donors (Lipinski definition) is 2. The Morgan fingerprint density at radius 2 is 1.79 bits per heavy atom. The highest BCUT2D eigenvalue weighted by atomic mass is 16.2. The second-order valence-electron chi connectivity index (χ2n) is 5.75. The Kier molecular flexibility index (Phi) is 5.19. The van der Waals surface area contributed by atoms with E-state index in [0.717, 1.165) is 51.9 Å². The van der Waals surface area contributed by atoms with E-state index < -0.39 is 0 Å². The third kappa shape index (κ3) is 4.49. The van der Waals surface area contributed by atoms with E-state index in [0.29, 0.717) is 12.3 Å². The summed E-state index contributed by atoms with van der Waals surface area (Å²) in [4.78, 5) is 25.1. The van der Waals surface area contributed by atoms with E-state index >= 15 is 0 Å². The molecule has 0 saturated carbocycles. The van der Waals surface area contributed by atoms with Crippen molar-refractivity contribution in [1.82, 2.24) is 15.5 Å². The van der Waals surface area contributed by atoms with Gasteiger partial charge in [0, 0.05) is 32.5 Å². The zero-order valence-corrected chi connectivity index (χ0v) is 11.8. The lowest BCUT2D eigenvalue weighted by Crippen LogP contribution is -2.46. The number of hydrogen-bond acceptors (Lipinski definition) is 3. The number of nitrogens with one attached hydrogen (secondary N) is 2. The first-order valence-electron chi connectivity index (χ1n) is 7.40. The van der Waals surface area contributed by atoms with Crippen LogP contribution < -0.4 is 10.6 Å². The first kappa shape index (κ1) is 14.3. The highest BCUT2D eigenvalue weighted by Gasteiger charge is 2.23. The van der Waals surface area contributed by atoms with Gasteiger partial charge in [-0.2, -0.15) is 0 Å². The lowest BCUT2D eigenvalue weighted by Gasteiger charge is -2.32. The molecule has 0 radical (unpaired) electrons. The molecule has 19 heavy (non-hydrogen) atoms. The molecule has 0 bridgehead atoms. The SMILES string of the molecule is CC(=O)N1CCC(NC(=O)CC2CCNCC2)CC1. The molecule has 2 fully saturated rings. The molecule has 0 aromatic carbocycles. The van der Waals surface area contributed by atoms with Crippen molar-refractivity contribution in [2.75, 3.05) is 26.2 Å². The minimum atomic E-state index is 0.138. The standard InChI is InChI=1S/C14H25N3O2/c1-11(18)17-8-4-13(5-9-17)16-14(19)10-12-2-6-15-7-3-12/h12-13,15H,2-10H2,1H3,(H,16,19). The molecule has 0 aromatic rings. The lowest BCUT2D eigenvalue weighted by molar-refractivity contribution is -0.130.